The standard InChI is InChI=1S/C15H21F4N/c1-10(2)9-20-7-6-11(3)12-4-5-14(16)13(8-12)15(17,18)19/h4-5,8,10-11,20H,6-7,9H2,1-3H3. The van der Waals surface area contributed by atoms with Crippen molar-refractivity contribution < 1.29 is 17.6 Å². The number of halogens is 4. The van der Waals surface area contributed by atoms with Crippen LogP contribution in [-0.2, 0) is 6.18 Å². The largest absolute Gasteiger partial charge is 0.419 e. The van der Waals surface area contributed by atoms with E-state index >= 15 is 0 Å². The van der Waals surface area contributed by atoms with Crippen molar-refractivity contribution in [1.82, 2.24) is 5.32 Å². The predicted octanol–water partition coefficient (Wildman–Crippen LogP) is 4.58. The Balaban J connectivity index is 2.67. The SMILES string of the molecule is CC(C)CNCCC(C)c1ccc(F)c(C(F)(F)F)c1. The fourth-order valence-electron chi connectivity index (χ4n) is 1.94. The summed E-state index contributed by atoms with van der Waals surface area (Å²) in [7, 11) is 0. The van der Waals surface area contributed by atoms with Crippen molar-refractivity contribution in [2.24, 2.45) is 5.92 Å². The normalized spacial score (nSPS) is 13.8. The minimum Gasteiger partial charge on any atom is -0.316 e. The van der Waals surface area contributed by atoms with Gasteiger partial charge in [0.25, 0.3) is 0 Å². The Morgan fingerprint density at radius 3 is 2.35 bits per heavy atom. The molecule has 0 aliphatic heterocycles. The quantitative estimate of drug-likeness (QED) is 0.597. The zero-order valence-corrected chi connectivity index (χ0v) is 12.0. The van der Waals surface area contributed by atoms with E-state index in [9.17, 15) is 17.6 Å². The van der Waals surface area contributed by atoms with Crippen molar-refractivity contribution in [3.05, 3.63) is 35.1 Å². The minimum absolute atomic E-state index is 0.0450. The molecule has 1 atom stereocenters. The Hall–Kier alpha value is -1.10. The van der Waals surface area contributed by atoms with Gasteiger partial charge < -0.3 is 5.32 Å². The van der Waals surface area contributed by atoms with Crippen LogP contribution in [0.15, 0.2) is 18.2 Å². The molecule has 20 heavy (non-hydrogen) atoms. The predicted molar refractivity (Wildman–Crippen MR) is 72.1 cm³/mol. The number of alkyl halides is 3. The van der Waals surface area contributed by atoms with Gasteiger partial charge >= 0.3 is 6.18 Å². The zero-order chi connectivity index (χ0) is 15.3. The zero-order valence-electron chi connectivity index (χ0n) is 12.0. The van der Waals surface area contributed by atoms with E-state index in [-0.39, 0.29) is 5.92 Å². The lowest BCUT2D eigenvalue weighted by Gasteiger charge is -2.16. The van der Waals surface area contributed by atoms with Crippen LogP contribution in [0, 0.1) is 11.7 Å². The molecule has 1 nitrogen and oxygen atoms in total. The van der Waals surface area contributed by atoms with Gasteiger partial charge in [0, 0.05) is 0 Å². The molecule has 5 heteroatoms. The fraction of sp³-hybridized carbons (Fsp3) is 0.600. The number of nitrogens with one attached hydrogen (secondary N) is 1. The summed E-state index contributed by atoms with van der Waals surface area (Å²) in [6.45, 7) is 7.64. The van der Waals surface area contributed by atoms with Gasteiger partial charge in [-0.25, -0.2) is 4.39 Å². The summed E-state index contributed by atoms with van der Waals surface area (Å²) in [5.41, 5.74) is -0.665. The molecule has 0 bridgehead atoms. The van der Waals surface area contributed by atoms with E-state index in [0.29, 0.717) is 11.5 Å². The minimum atomic E-state index is -4.64. The molecule has 1 N–H and O–H groups in total. The van der Waals surface area contributed by atoms with E-state index in [1.54, 1.807) is 0 Å². The highest BCUT2D eigenvalue weighted by Crippen LogP contribution is 2.33. The van der Waals surface area contributed by atoms with Gasteiger partial charge in [-0.3, -0.25) is 0 Å². The highest BCUT2D eigenvalue weighted by molar-refractivity contribution is 5.29. The van der Waals surface area contributed by atoms with Crippen LogP contribution in [0.3, 0.4) is 0 Å². The van der Waals surface area contributed by atoms with Gasteiger partial charge in [-0.2, -0.15) is 13.2 Å². The Morgan fingerprint density at radius 1 is 1.15 bits per heavy atom. The topological polar surface area (TPSA) is 12.0 Å². The molecular formula is C15H21F4N. The first-order valence-corrected chi connectivity index (χ1v) is 6.79. The van der Waals surface area contributed by atoms with Crippen LogP contribution in [-0.4, -0.2) is 13.1 Å². The van der Waals surface area contributed by atoms with Crippen LogP contribution in [0.4, 0.5) is 17.6 Å². The average Bonchev–Trinajstić information content (AvgIpc) is 2.33. The summed E-state index contributed by atoms with van der Waals surface area (Å²) >= 11 is 0. The maximum Gasteiger partial charge on any atom is 0.419 e. The summed E-state index contributed by atoms with van der Waals surface area (Å²) in [6.07, 6.45) is -3.93. The average molecular weight is 291 g/mol. The first-order valence-electron chi connectivity index (χ1n) is 6.79. The van der Waals surface area contributed by atoms with Crippen molar-refractivity contribution in [3.63, 3.8) is 0 Å². The molecule has 1 unspecified atom stereocenters. The van der Waals surface area contributed by atoms with Crippen LogP contribution in [0.2, 0.25) is 0 Å². The summed E-state index contributed by atoms with van der Waals surface area (Å²) in [4.78, 5) is 0. The van der Waals surface area contributed by atoms with E-state index in [1.165, 1.54) is 6.07 Å². The lowest BCUT2D eigenvalue weighted by molar-refractivity contribution is -0.140. The molecule has 0 heterocycles. The first-order chi connectivity index (χ1) is 9.21. The van der Waals surface area contributed by atoms with Crippen LogP contribution in [0.1, 0.15) is 44.2 Å². The van der Waals surface area contributed by atoms with Crippen LogP contribution >= 0.6 is 0 Å². The molecule has 1 aromatic carbocycles. The van der Waals surface area contributed by atoms with Gasteiger partial charge in [-0.15, -0.1) is 0 Å². The van der Waals surface area contributed by atoms with Crippen LogP contribution in [0.25, 0.3) is 0 Å². The van der Waals surface area contributed by atoms with Crippen molar-refractivity contribution in [1.29, 1.82) is 0 Å². The maximum atomic E-state index is 13.2. The third-order valence-corrected chi connectivity index (χ3v) is 3.17. The summed E-state index contributed by atoms with van der Waals surface area (Å²) in [5, 5.41) is 3.25. The van der Waals surface area contributed by atoms with Gasteiger partial charge in [0.15, 0.2) is 0 Å². The smallest absolute Gasteiger partial charge is 0.316 e. The van der Waals surface area contributed by atoms with E-state index < -0.39 is 17.6 Å². The Kier molecular flexibility index (Phi) is 5.99. The lowest BCUT2D eigenvalue weighted by atomic mass is 9.95. The molecule has 0 aromatic heterocycles. The van der Waals surface area contributed by atoms with Crippen molar-refractivity contribution >= 4 is 0 Å². The molecule has 0 aliphatic carbocycles. The highest BCUT2D eigenvalue weighted by atomic mass is 19.4. The number of hydrogen-bond donors (Lipinski definition) is 1. The number of rotatable bonds is 6. The second-order valence-corrected chi connectivity index (χ2v) is 5.52. The number of benzene rings is 1. The van der Waals surface area contributed by atoms with Crippen molar-refractivity contribution in [3.8, 4) is 0 Å². The second kappa shape index (κ2) is 7.07. The second-order valence-electron chi connectivity index (χ2n) is 5.52. The van der Waals surface area contributed by atoms with Gasteiger partial charge in [0.1, 0.15) is 5.82 Å². The molecule has 0 spiro atoms. The molecule has 0 saturated heterocycles. The Bertz CT molecular complexity index is 426. The van der Waals surface area contributed by atoms with Gasteiger partial charge in [-0.1, -0.05) is 26.8 Å². The van der Waals surface area contributed by atoms with Crippen molar-refractivity contribution in [2.75, 3.05) is 13.1 Å². The fourth-order valence-corrected chi connectivity index (χ4v) is 1.94. The van der Waals surface area contributed by atoms with Gasteiger partial charge in [-0.05, 0) is 49.0 Å². The lowest BCUT2D eigenvalue weighted by Crippen LogP contribution is -2.22. The molecule has 114 valence electrons. The third kappa shape index (κ3) is 5.12. The van der Waals surface area contributed by atoms with E-state index in [4.69, 9.17) is 0 Å². The summed E-state index contributed by atoms with van der Waals surface area (Å²) in [6, 6.07) is 3.25. The Morgan fingerprint density at radius 2 is 1.80 bits per heavy atom. The molecule has 1 aromatic rings. The van der Waals surface area contributed by atoms with E-state index in [0.717, 1.165) is 31.6 Å². The molecule has 0 amide bonds. The molecule has 0 fully saturated rings. The van der Waals surface area contributed by atoms with Gasteiger partial charge in [0.05, 0.1) is 5.56 Å². The molecular weight excluding hydrogens is 270 g/mol. The van der Waals surface area contributed by atoms with Crippen LogP contribution < -0.4 is 5.32 Å². The molecule has 0 saturated carbocycles. The first kappa shape index (κ1) is 17.0. The van der Waals surface area contributed by atoms with Gasteiger partial charge in [0.2, 0.25) is 0 Å². The summed E-state index contributed by atoms with van der Waals surface area (Å²) in [5.74, 6) is -0.726. The van der Waals surface area contributed by atoms with Crippen molar-refractivity contribution in [2.45, 2.75) is 39.3 Å². The molecule has 0 radical (unpaired) electrons. The highest BCUT2D eigenvalue weighted by Gasteiger charge is 2.34. The monoisotopic (exact) mass is 291 g/mol. The van der Waals surface area contributed by atoms with E-state index in [1.807, 2.05) is 6.92 Å². The molecule has 1 rings (SSSR count). The number of hydrogen-bond acceptors (Lipinski definition) is 1. The van der Waals surface area contributed by atoms with E-state index in [2.05, 4.69) is 19.2 Å². The third-order valence-electron chi connectivity index (χ3n) is 3.17. The maximum absolute atomic E-state index is 13.2. The molecule has 0 aliphatic rings. The van der Waals surface area contributed by atoms with Crippen LogP contribution in [0.5, 0.6) is 0 Å². The Labute approximate surface area is 117 Å². The summed E-state index contributed by atoms with van der Waals surface area (Å²) < 4.78 is 51.1.